The highest BCUT2D eigenvalue weighted by atomic mass is 35.5. The molecule has 0 saturated heterocycles. The molecule has 0 spiro atoms. The number of hydrogen-bond acceptors (Lipinski definition) is 7. The van der Waals surface area contributed by atoms with Crippen LogP contribution in [-0.4, -0.2) is 58.9 Å². The Bertz CT molecular complexity index is 1990. The normalized spacial score (nSPS) is 10.5. The third kappa shape index (κ3) is 15.9. The number of carbonyl (C=O) groups excluding carboxylic acids is 2. The van der Waals surface area contributed by atoms with E-state index < -0.39 is 6.10 Å². The molecule has 0 aliphatic heterocycles. The molecule has 4 aromatic carbocycles. The summed E-state index contributed by atoms with van der Waals surface area (Å²) in [6.45, 7) is 3.45. The number of halogens is 2. The second kappa shape index (κ2) is 25.3. The standard InChI is InChI=1S/C23H22ClNO4.C22H24ClNO3/c1-4-14-28-20-11-6-17(16-21(20)27-3)12-13-25-23(26)22(29-15-5-2)18-7-9-19(24)10-8-18;1-3-5-22(25)24-14-13-18-9-12-20(21(16-18)26-2)27-15-4-6-17-7-10-19(23)11-8-17/h1-2,6-11,16,22H,12-15H2,3H3,(H,25,26);7-12,16H,3,5,13-15H2,1-2H3,(H,24,25). The molecule has 0 fully saturated rings. The van der Waals surface area contributed by atoms with E-state index in [1.54, 1.807) is 56.7 Å². The SMILES string of the molecule is C#CCOc1ccc(CCNC(=O)C(OCC#C)c2ccc(Cl)cc2)cc1OC.CCCC(=O)NCCc1ccc(OCC#Cc2ccc(Cl)cc2)c(OC)c1. The van der Waals surface area contributed by atoms with Crippen LogP contribution in [0, 0.1) is 36.5 Å². The first-order valence-corrected chi connectivity index (χ1v) is 18.6. The van der Waals surface area contributed by atoms with Gasteiger partial charge in [-0.1, -0.05) is 78.1 Å². The summed E-state index contributed by atoms with van der Waals surface area (Å²) in [5, 5.41) is 7.05. The highest BCUT2D eigenvalue weighted by Gasteiger charge is 2.21. The van der Waals surface area contributed by atoms with Crippen molar-refractivity contribution in [2.45, 2.75) is 38.7 Å². The molecule has 1 unspecified atom stereocenters. The highest BCUT2D eigenvalue weighted by Crippen LogP contribution is 2.29. The van der Waals surface area contributed by atoms with Crippen molar-refractivity contribution >= 4 is 35.0 Å². The number of amides is 2. The minimum atomic E-state index is -0.808. The monoisotopic (exact) mass is 796 g/mol. The Morgan fingerprint density at radius 3 is 1.77 bits per heavy atom. The smallest absolute Gasteiger partial charge is 0.253 e. The largest absolute Gasteiger partial charge is 0.493 e. The van der Waals surface area contributed by atoms with Gasteiger partial charge in [0.1, 0.15) is 19.8 Å². The van der Waals surface area contributed by atoms with Crippen LogP contribution in [0.25, 0.3) is 0 Å². The molecule has 0 heterocycles. The summed E-state index contributed by atoms with van der Waals surface area (Å²) in [4.78, 5) is 24.1. The Hall–Kier alpha value is -5.76. The zero-order chi connectivity index (χ0) is 40.5. The van der Waals surface area contributed by atoms with Gasteiger partial charge in [0.05, 0.1) is 14.2 Å². The summed E-state index contributed by atoms with van der Waals surface area (Å²) in [7, 11) is 3.16. The van der Waals surface area contributed by atoms with Crippen LogP contribution in [0.5, 0.6) is 23.0 Å². The fraction of sp³-hybridized carbons (Fsp3) is 0.289. The van der Waals surface area contributed by atoms with E-state index in [1.165, 1.54) is 0 Å². The van der Waals surface area contributed by atoms with Crippen molar-refractivity contribution in [3.63, 3.8) is 0 Å². The molecule has 0 radical (unpaired) electrons. The van der Waals surface area contributed by atoms with E-state index in [9.17, 15) is 9.59 Å². The Balaban J connectivity index is 0.000000301. The van der Waals surface area contributed by atoms with Crippen molar-refractivity contribution in [1.29, 1.82) is 0 Å². The van der Waals surface area contributed by atoms with Gasteiger partial charge in [-0.3, -0.25) is 9.59 Å². The van der Waals surface area contributed by atoms with E-state index in [2.05, 4.69) is 34.3 Å². The van der Waals surface area contributed by atoms with Crippen LogP contribution in [0.2, 0.25) is 10.0 Å². The summed E-state index contributed by atoms with van der Waals surface area (Å²) in [5.74, 6) is 13.1. The molecule has 0 bridgehead atoms. The van der Waals surface area contributed by atoms with E-state index in [-0.39, 0.29) is 31.6 Å². The number of benzene rings is 4. The first-order valence-electron chi connectivity index (χ1n) is 17.8. The molecule has 0 aromatic heterocycles. The molecule has 4 aromatic rings. The van der Waals surface area contributed by atoms with Gasteiger partial charge in [0, 0.05) is 35.1 Å². The van der Waals surface area contributed by atoms with Crippen LogP contribution >= 0.6 is 23.2 Å². The van der Waals surface area contributed by atoms with Crippen molar-refractivity contribution in [3.05, 3.63) is 117 Å². The lowest BCUT2D eigenvalue weighted by Gasteiger charge is -2.17. The molecule has 9 nitrogen and oxygen atoms in total. The number of terminal acetylenes is 2. The molecule has 56 heavy (non-hydrogen) atoms. The average molecular weight is 798 g/mol. The first-order chi connectivity index (χ1) is 27.2. The molecule has 2 N–H and O–H groups in total. The van der Waals surface area contributed by atoms with E-state index >= 15 is 0 Å². The van der Waals surface area contributed by atoms with Crippen LogP contribution in [-0.2, 0) is 27.2 Å². The number of ether oxygens (including phenoxy) is 5. The fourth-order valence-corrected chi connectivity index (χ4v) is 5.31. The molecule has 4 rings (SSSR count). The number of rotatable bonds is 18. The summed E-state index contributed by atoms with van der Waals surface area (Å²) < 4.78 is 27.4. The van der Waals surface area contributed by atoms with Crippen molar-refractivity contribution in [3.8, 4) is 59.5 Å². The van der Waals surface area contributed by atoms with Crippen molar-refractivity contribution in [1.82, 2.24) is 10.6 Å². The molecule has 292 valence electrons. The number of methoxy groups -OCH3 is 2. The third-order valence-corrected chi connectivity index (χ3v) is 8.32. The van der Waals surface area contributed by atoms with Crippen LogP contribution in [0.15, 0.2) is 84.9 Å². The molecular formula is C45H46Cl2N2O7. The van der Waals surface area contributed by atoms with Crippen molar-refractivity contribution in [2.75, 3.05) is 47.1 Å². The molecular weight excluding hydrogens is 751 g/mol. The third-order valence-electron chi connectivity index (χ3n) is 7.81. The molecule has 11 heteroatoms. The maximum absolute atomic E-state index is 12.6. The summed E-state index contributed by atoms with van der Waals surface area (Å²) in [6, 6.07) is 25.5. The predicted molar refractivity (Wildman–Crippen MR) is 221 cm³/mol. The molecule has 0 aliphatic carbocycles. The van der Waals surface area contributed by atoms with E-state index in [1.807, 2.05) is 49.4 Å². The van der Waals surface area contributed by atoms with Crippen LogP contribution in [0.4, 0.5) is 0 Å². The highest BCUT2D eigenvalue weighted by molar-refractivity contribution is 6.30. The Labute approximate surface area is 340 Å². The van der Waals surface area contributed by atoms with E-state index in [4.69, 9.17) is 59.7 Å². The van der Waals surface area contributed by atoms with Gasteiger partial charge in [0.25, 0.3) is 5.91 Å². The summed E-state index contributed by atoms with van der Waals surface area (Å²) >= 11 is 11.8. The van der Waals surface area contributed by atoms with Gasteiger partial charge in [-0.15, -0.1) is 12.8 Å². The Morgan fingerprint density at radius 2 is 1.23 bits per heavy atom. The van der Waals surface area contributed by atoms with Crippen molar-refractivity contribution in [2.24, 2.45) is 0 Å². The number of hydrogen-bond donors (Lipinski definition) is 2. The average Bonchev–Trinajstić information content (AvgIpc) is 3.21. The fourth-order valence-electron chi connectivity index (χ4n) is 5.05. The predicted octanol–water partition coefficient (Wildman–Crippen LogP) is 7.65. The van der Waals surface area contributed by atoms with Gasteiger partial charge in [-0.25, -0.2) is 0 Å². The minimum absolute atomic E-state index is 0.0248. The molecule has 0 aliphatic rings. The zero-order valence-corrected chi connectivity index (χ0v) is 33.3. The lowest BCUT2D eigenvalue weighted by molar-refractivity contribution is -0.132. The van der Waals surface area contributed by atoms with Gasteiger partial charge < -0.3 is 34.3 Å². The second-order valence-electron chi connectivity index (χ2n) is 11.9. The summed E-state index contributed by atoms with van der Waals surface area (Å²) in [6.07, 6.45) is 12.4. The Morgan fingerprint density at radius 1 is 0.696 bits per heavy atom. The Kier molecular flexibility index (Phi) is 20.2. The molecule has 0 saturated carbocycles. The molecule has 1 atom stereocenters. The van der Waals surface area contributed by atoms with Gasteiger partial charge in [0.15, 0.2) is 29.1 Å². The maximum atomic E-state index is 12.6. The number of nitrogens with one attached hydrogen (secondary N) is 2. The molecule has 2 amide bonds. The van der Waals surface area contributed by atoms with Gasteiger partial charge in [-0.2, -0.15) is 0 Å². The van der Waals surface area contributed by atoms with Crippen LogP contribution in [0.1, 0.15) is 48.1 Å². The van der Waals surface area contributed by atoms with E-state index in [0.717, 1.165) is 29.5 Å². The van der Waals surface area contributed by atoms with Gasteiger partial charge in [0.2, 0.25) is 5.91 Å². The maximum Gasteiger partial charge on any atom is 0.253 e. The van der Waals surface area contributed by atoms with Gasteiger partial charge >= 0.3 is 0 Å². The number of carbonyl (C=O) groups is 2. The minimum Gasteiger partial charge on any atom is -0.493 e. The van der Waals surface area contributed by atoms with E-state index in [0.29, 0.717) is 64.5 Å². The van der Waals surface area contributed by atoms with Crippen molar-refractivity contribution < 1.29 is 33.3 Å². The second-order valence-corrected chi connectivity index (χ2v) is 12.8. The zero-order valence-electron chi connectivity index (χ0n) is 31.8. The topological polar surface area (TPSA) is 104 Å². The summed E-state index contributed by atoms with van der Waals surface area (Å²) in [5.41, 5.74) is 3.61. The lowest BCUT2D eigenvalue weighted by Crippen LogP contribution is -2.32. The lowest BCUT2D eigenvalue weighted by atomic mass is 10.1. The first kappa shape index (κ1) is 44.6. The van der Waals surface area contributed by atoms with Crippen LogP contribution < -0.4 is 29.6 Å². The quantitative estimate of drug-likeness (QED) is 0.0998. The van der Waals surface area contributed by atoms with Crippen LogP contribution in [0.3, 0.4) is 0 Å². The van der Waals surface area contributed by atoms with Gasteiger partial charge in [-0.05, 0) is 96.6 Å².